The Bertz CT molecular complexity index is 570. The van der Waals surface area contributed by atoms with Gasteiger partial charge in [0.25, 0.3) is 5.56 Å². The molecule has 0 unspecified atom stereocenters. The van der Waals surface area contributed by atoms with Gasteiger partial charge in [-0.2, -0.15) is 0 Å². The molecule has 9 heteroatoms. The fraction of sp³-hybridized carbons (Fsp3) is 0.600. The van der Waals surface area contributed by atoms with Crippen LogP contribution in [-0.4, -0.2) is 51.6 Å². The maximum absolute atomic E-state index is 13.1. The van der Waals surface area contributed by atoms with E-state index in [0.29, 0.717) is 10.8 Å². The van der Waals surface area contributed by atoms with Gasteiger partial charge in [0.2, 0.25) is 0 Å². The molecule has 0 bridgehead atoms. The first-order valence-electron chi connectivity index (χ1n) is 5.48. The molecule has 8 nitrogen and oxygen atoms in total. The molecular formula is C10H13FN2O6. The van der Waals surface area contributed by atoms with Gasteiger partial charge in [-0.1, -0.05) is 4.48 Å². The molecule has 4 atom stereocenters. The van der Waals surface area contributed by atoms with Gasteiger partial charge in [-0.15, -0.1) is 4.79 Å². The summed E-state index contributed by atoms with van der Waals surface area (Å²) in [7, 11) is 1.36. The Labute approximate surface area is 106 Å². The number of ether oxygens (including phenoxy) is 2. The Kier molecular flexibility index (Phi) is 3.80. The van der Waals surface area contributed by atoms with E-state index < -0.39 is 35.8 Å². The number of aliphatic hydroxyl groups excluding tert-OH is 2. The van der Waals surface area contributed by atoms with E-state index in [0.717, 1.165) is 6.07 Å². The van der Waals surface area contributed by atoms with Crippen molar-refractivity contribution < 1.29 is 24.2 Å². The lowest BCUT2D eigenvalue weighted by atomic mass is 10.1. The molecule has 2 rings (SSSR count). The fourth-order valence-corrected chi connectivity index (χ4v) is 1.95. The SMILES string of the molecule is COC[C@@H]1O[C@H](n2c(=O)ccn(F)c2=O)[C@H](O)[C@H]1O. The summed E-state index contributed by atoms with van der Waals surface area (Å²) in [5.41, 5.74) is -2.13. The van der Waals surface area contributed by atoms with Crippen LogP contribution in [-0.2, 0) is 9.47 Å². The molecule has 0 saturated carbocycles. The van der Waals surface area contributed by atoms with Crippen LogP contribution in [0.4, 0.5) is 4.48 Å². The van der Waals surface area contributed by atoms with Crippen LogP contribution in [0.3, 0.4) is 0 Å². The van der Waals surface area contributed by atoms with Crippen molar-refractivity contribution >= 4 is 0 Å². The van der Waals surface area contributed by atoms with Crippen LogP contribution in [0.5, 0.6) is 0 Å². The highest BCUT2D eigenvalue weighted by molar-refractivity contribution is 4.93. The van der Waals surface area contributed by atoms with Crippen molar-refractivity contribution in [3.63, 3.8) is 0 Å². The van der Waals surface area contributed by atoms with Crippen LogP contribution in [0.15, 0.2) is 21.9 Å². The Morgan fingerprint density at radius 3 is 2.74 bits per heavy atom. The average Bonchev–Trinajstić information content (AvgIpc) is 2.64. The van der Waals surface area contributed by atoms with E-state index in [1.54, 1.807) is 0 Å². The Balaban J connectivity index is 2.41. The normalized spacial score (nSPS) is 30.7. The minimum atomic E-state index is -1.53. The molecule has 2 N–H and O–H groups in total. The topological polar surface area (TPSA) is 103 Å². The number of aromatic nitrogens is 2. The number of nitrogens with zero attached hydrogens (tertiary/aromatic N) is 2. The summed E-state index contributed by atoms with van der Waals surface area (Å²) in [4.78, 5) is 22.8. The standard InChI is InChI=1S/C10H13FN2O6/c1-18-4-5-7(15)8(16)9(19-5)13-6(14)2-3-12(11)10(13)17/h2-3,5,7-9,15-16H,4H2,1H3/t5-,7-,8+,9-/m0/s1. The highest BCUT2D eigenvalue weighted by Crippen LogP contribution is 2.27. The second kappa shape index (κ2) is 5.21. The summed E-state index contributed by atoms with van der Waals surface area (Å²) in [6.45, 7) is -0.0415. The molecule has 0 amide bonds. The number of hydrogen-bond acceptors (Lipinski definition) is 6. The molecule has 106 valence electrons. The first kappa shape index (κ1) is 13.9. The van der Waals surface area contributed by atoms with Gasteiger partial charge in [0, 0.05) is 19.4 Å². The lowest BCUT2D eigenvalue weighted by Gasteiger charge is -2.16. The van der Waals surface area contributed by atoms with E-state index in [1.165, 1.54) is 7.11 Å². The smallest absolute Gasteiger partial charge is 0.361 e. The third-order valence-corrected chi connectivity index (χ3v) is 2.90. The summed E-state index contributed by atoms with van der Waals surface area (Å²) in [6.07, 6.45) is -4.59. The third-order valence-electron chi connectivity index (χ3n) is 2.90. The lowest BCUT2D eigenvalue weighted by Crippen LogP contribution is -2.43. The highest BCUT2D eigenvalue weighted by Gasteiger charge is 2.44. The van der Waals surface area contributed by atoms with Gasteiger partial charge in [0.1, 0.15) is 18.3 Å². The molecule has 0 radical (unpaired) electrons. The van der Waals surface area contributed by atoms with E-state index in [-0.39, 0.29) is 11.4 Å². The van der Waals surface area contributed by atoms with Crippen molar-refractivity contribution in [3.8, 4) is 0 Å². The second-order valence-corrected chi connectivity index (χ2v) is 4.12. The van der Waals surface area contributed by atoms with Gasteiger partial charge in [-0.3, -0.25) is 4.79 Å². The highest BCUT2D eigenvalue weighted by atomic mass is 19.2. The monoisotopic (exact) mass is 276 g/mol. The lowest BCUT2D eigenvalue weighted by molar-refractivity contribution is -0.0640. The molecule has 2 heterocycles. The maximum atomic E-state index is 13.1. The first-order chi connectivity index (χ1) is 8.97. The third kappa shape index (κ3) is 2.32. The van der Waals surface area contributed by atoms with Crippen molar-refractivity contribution in [2.75, 3.05) is 13.7 Å². The van der Waals surface area contributed by atoms with E-state index >= 15 is 0 Å². The van der Waals surface area contributed by atoms with E-state index in [1.807, 2.05) is 0 Å². The number of methoxy groups -OCH3 is 1. The maximum Gasteiger partial charge on any atom is 0.361 e. The minimum Gasteiger partial charge on any atom is -0.387 e. The van der Waals surface area contributed by atoms with E-state index in [9.17, 15) is 24.3 Å². The Morgan fingerprint density at radius 2 is 2.11 bits per heavy atom. The predicted molar refractivity (Wildman–Crippen MR) is 59.3 cm³/mol. The molecule has 1 aromatic rings. The Morgan fingerprint density at radius 1 is 1.42 bits per heavy atom. The predicted octanol–water partition coefficient (Wildman–Crippen LogP) is -1.99. The molecule has 1 aromatic heterocycles. The number of halogens is 1. The zero-order valence-corrected chi connectivity index (χ0v) is 9.97. The molecule has 19 heavy (non-hydrogen) atoms. The number of hydrogen-bond donors (Lipinski definition) is 2. The fourth-order valence-electron chi connectivity index (χ4n) is 1.95. The summed E-state index contributed by atoms with van der Waals surface area (Å²) >= 11 is 0. The zero-order valence-electron chi connectivity index (χ0n) is 9.97. The van der Waals surface area contributed by atoms with Crippen molar-refractivity contribution in [3.05, 3.63) is 33.1 Å². The van der Waals surface area contributed by atoms with E-state index in [4.69, 9.17) is 9.47 Å². The first-order valence-corrected chi connectivity index (χ1v) is 5.48. The molecule has 1 fully saturated rings. The molecule has 0 spiro atoms. The van der Waals surface area contributed by atoms with Gasteiger partial charge >= 0.3 is 5.69 Å². The minimum absolute atomic E-state index is 0.0415. The van der Waals surface area contributed by atoms with Crippen molar-refractivity contribution in [2.24, 2.45) is 0 Å². The molecule has 1 aliphatic rings. The summed E-state index contributed by atoms with van der Waals surface area (Å²) < 4.78 is 23.5. The largest absolute Gasteiger partial charge is 0.387 e. The quantitative estimate of drug-likeness (QED) is 0.662. The summed E-state index contributed by atoms with van der Waals surface area (Å²) in [5, 5.41) is 19.5. The van der Waals surface area contributed by atoms with Gasteiger partial charge in [-0.25, -0.2) is 9.36 Å². The van der Waals surface area contributed by atoms with E-state index in [2.05, 4.69) is 0 Å². The van der Waals surface area contributed by atoms with Crippen molar-refractivity contribution in [2.45, 2.75) is 24.5 Å². The Hall–Kier alpha value is -1.55. The van der Waals surface area contributed by atoms with Crippen LogP contribution < -0.4 is 11.2 Å². The van der Waals surface area contributed by atoms with Crippen LogP contribution in [0.25, 0.3) is 0 Å². The van der Waals surface area contributed by atoms with Gasteiger partial charge in [0.05, 0.1) is 6.61 Å². The van der Waals surface area contributed by atoms with Crippen LogP contribution in [0, 0.1) is 0 Å². The molecule has 1 aliphatic heterocycles. The van der Waals surface area contributed by atoms with Crippen LogP contribution in [0.2, 0.25) is 0 Å². The summed E-state index contributed by atoms with van der Waals surface area (Å²) in [5.74, 6) is 0. The van der Waals surface area contributed by atoms with Gasteiger partial charge in [0.15, 0.2) is 6.23 Å². The van der Waals surface area contributed by atoms with Crippen LogP contribution in [0.1, 0.15) is 6.23 Å². The number of rotatable bonds is 3. The molecular weight excluding hydrogens is 263 g/mol. The molecule has 0 aliphatic carbocycles. The average molecular weight is 276 g/mol. The van der Waals surface area contributed by atoms with Gasteiger partial charge < -0.3 is 19.7 Å². The number of aliphatic hydroxyl groups is 2. The molecule has 1 saturated heterocycles. The zero-order chi connectivity index (χ0) is 14.2. The van der Waals surface area contributed by atoms with Crippen molar-refractivity contribution in [1.82, 2.24) is 9.36 Å². The van der Waals surface area contributed by atoms with Gasteiger partial charge in [-0.05, 0) is 0 Å². The van der Waals surface area contributed by atoms with Crippen molar-refractivity contribution in [1.29, 1.82) is 0 Å². The van der Waals surface area contributed by atoms with Crippen LogP contribution >= 0.6 is 0 Å². The summed E-state index contributed by atoms with van der Waals surface area (Å²) in [6, 6.07) is 0.813. The second-order valence-electron chi connectivity index (χ2n) is 4.12. The molecule has 0 aromatic carbocycles.